The second-order valence-electron chi connectivity index (χ2n) is 6.72. The van der Waals surface area contributed by atoms with Gasteiger partial charge in [0.1, 0.15) is 0 Å². The molecule has 0 radical (unpaired) electrons. The molecule has 1 atom stereocenters. The van der Waals surface area contributed by atoms with Gasteiger partial charge < -0.3 is 4.74 Å². The molecule has 0 aliphatic carbocycles. The van der Waals surface area contributed by atoms with Crippen LogP contribution in [0.2, 0.25) is 0 Å². The molecule has 7 heteroatoms. The molecule has 1 unspecified atom stereocenters. The third-order valence-corrected chi connectivity index (χ3v) is 7.25. The molecule has 1 N–H and O–H groups in total. The summed E-state index contributed by atoms with van der Waals surface area (Å²) in [5.41, 5.74) is 0. The second kappa shape index (κ2) is 11.3. The van der Waals surface area contributed by atoms with Gasteiger partial charge in [0.2, 0.25) is 10.0 Å². The molecule has 1 aromatic heterocycles. The highest BCUT2D eigenvalue weighted by Gasteiger charge is 2.22. The highest BCUT2D eigenvalue weighted by atomic mass is 32.2. The Labute approximate surface area is 172 Å². The van der Waals surface area contributed by atoms with Crippen molar-refractivity contribution in [2.24, 2.45) is 0 Å². The van der Waals surface area contributed by atoms with E-state index >= 15 is 0 Å². The molecule has 28 heavy (non-hydrogen) atoms. The van der Waals surface area contributed by atoms with Crippen LogP contribution < -0.4 is 4.72 Å². The number of aryl methyl sites for hydroxylation is 1. The Morgan fingerprint density at radius 1 is 1.11 bits per heavy atom. The Bertz CT molecular complexity index is 831. The van der Waals surface area contributed by atoms with Crippen molar-refractivity contribution < 1.29 is 17.9 Å². The van der Waals surface area contributed by atoms with Gasteiger partial charge >= 0.3 is 5.97 Å². The highest BCUT2D eigenvalue weighted by Crippen LogP contribution is 2.29. The lowest BCUT2D eigenvalue weighted by atomic mass is 10.1. The van der Waals surface area contributed by atoms with Gasteiger partial charge in [-0.1, -0.05) is 44.4 Å². The Hall–Kier alpha value is -1.70. The molecule has 0 fully saturated rings. The Kier molecular flexibility index (Phi) is 9.15. The molecule has 1 aromatic carbocycles. The number of carbonyl (C=O) groups excluding carboxylic acids is 1. The van der Waals surface area contributed by atoms with Crippen LogP contribution in [0.15, 0.2) is 47.4 Å². The first-order chi connectivity index (χ1) is 13.5. The molecule has 154 valence electrons. The van der Waals surface area contributed by atoms with Crippen LogP contribution in [0.5, 0.6) is 0 Å². The number of esters is 1. The molecule has 0 aliphatic rings. The summed E-state index contributed by atoms with van der Waals surface area (Å²) in [6.07, 6.45) is 5.79. The number of rotatable bonds is 12. The summed E-state index contributed by atoms with van der Waals surface area (Å²) in [6, 6.07) is 12.3. The van der Waals surface area contributed by atoms with E-state index in [0.717, 1.165) is 48.3 Å². The number of benzene rings is 1. The van der Waals surface area contributed by atoms with E-state index in [1.54, 1.807) is 41.7 Å². The number of unbranched alkanes of at least 4 members (excludes halogenated alkanes) is 2. The lowest BCUT2D eigenvalue weighted by molar-refractivity contribution is -0.140. The fraction of sp³-hybridized carbons (Fsp3) is 0.476. The zero-order chi connectivity index (χ0) is 20.4. The van der Waals surface area contributed by atoms with Crippen molar-refractivity contribution in [3.05, 3.63) is 52.2 Å². The number of methoxy groups -OCH3 is 1. The zero-order valence-corrected chi connectivity index (χ0v) is 18.2. The van der Waals surface area contributed by atoms with E-state index in [-0.39, 0.29) is 16.9 Å². The summed E-state index contributed by atoms with van der Waals surface area (Å²) >= 11 is 1.62. The summed E-state index contributed by atoms with van der Waals surface area (Å²) in [5.74, 6) is -0.204. The lowest BCUT2D eigenvalue weighted by Crippen LogP contribution is -2.28. The maximum atomic E-state index is 12.8. The average molecular weight is 424 g/mol. The molecule has 0 saturated carbocycles. The Morgan fingerprint density at radius 2 is 1.86 bits per heavy atom. The summed E-state index contributed by atoms with van der Waals surface area (Å²) in [7, 11) is -2.18. The zero-order valence-electron chi connectivity index (χ0n) is 16.5. The Morgan fingerprint density at radius 3 is 2.54 bits per heavy atom. The number of hydrogen-bond acceptors (Lipinski definition) is 5. The van der Waals surface area contributed by atoms with Crippen molar-refractivity contribution in [3.63, 3.8) is 0 Å². The van der Waals surface area contributed by atoms with Crippen LogP contribution in [0.4, 0.5) is 0 Å². The summed E-state index contributed by atoms with van der Waals surface area (Å²) in [5, 5.41) is 0. The van der Waals surface area contributed by atoms with E-state index in [9.17, 15) is 13.2 Å². The first-order valence-electron chi connectivity index (χ1n) is 9.69. The molecule has 2 aromatic rings. The van der Waals surface area contributed by atoms with E-state index in [0.29, 0.717) is 6.42 Å². The number of nitrogens with one attached hydrogen (secondary N) is 1. The molecular formula is C21H29NO4S2. The predicted octanol–water partition coefficient (Wildman–Crippen LogP) is 4.84. The lowest BCUT2D eigenvalue weighted by Gasteiger charge is -2.17. The van der Waals surface area contributed by atoms with Crippen LogP contribution in [-0.2, 0) is 26.0 Å². The van der Waals surface area contributed by atoms with Crippen LogP contribution in [-0.4, -0.2) is 21.5 Å². The van der Waals surface area contributed by atoms with Crippen LogP contribution in [0.25, 0.3) is 0 Å². The van der Waals surface area contributed by atoms with Gasteiger partial charge in [0.05, 0.1) is 18.0 Å². The monoisotopic (exact) mass is 423 g/mol. The molecule has 5 nitrogen and oxygen atoms in total. The van der Waals surface area contributed by atoms with Crippen LogP contribution in [0.1, 0.15) is 61.2 Å². The normalized spacial score (nSPS) is 12.6. The molecule has 0 bridgehead atoms. The van der Waals surface area contributed by atoms with E-state index in [1.807, 2.05) is 12.1 Å². The van der Waals surface area contributed by atoms with Gasteiger partial charge in [-0.2, -0.15) is 0 Å². The van der Waals surface area contributed by atoms with E-state index in [1.165, 1.54) is 7.11 Å². The predicted molar refractivity (Wildman–Crippen MR) is 113 cm³/mol. The summed E-state index contributed by atoms with van der Waals surface area (Å²) in [4.78, 5) is 13.7. The number of ether oxygens (including phenoxy) is 1. The minimum Gasteiger partial charge on any atom is -0.469 e. The van der Waals surface area contributed by atoms with Crippen LogP contribution in [0.3, 0.4) is 0 Å². The maximum absolute atomic E-state index is 12.8. The quantitative estimate of drug-likeness (QED) is 0.391. The standard InChI is InChI=1S/C21H29NO4S2/c1-3-4-6-13-19(22-28(24,25)18-11-7-5-8-12-18)20-16-15-17(27-20)10-9-14-21(23)26-2/h5,7-8,11-12,15-16,19,22H,3-4,6,9-10,13-14H2,1-2H3. The van der Waals surface area contributed by atoms with Gasteiger partial charge in [0, 0.05) is 16.2 Å². The van der Waals surface area contributed by atoms with Gasteiger partial charge in [0.15, 0.2) is 0 Å². The summed E-state index contributed by atoms with van der Waals surface area (Å²) < 4.78 is 33.1. The first kappa shape index (κ1) is 22.6. The van der Waals surface area contributed by atoms with E-state index in [4.69, 9.17) is 0 Å². The van der Waals surface area contributed by atoms with Crippen molar-refractivity contribution in [2.45, 2.75) is 62.8 Å². The fourth-order valence-corrected chi connectivity index (χ4v) is 5.42. The van der Waals surface area contributed by atoms with Crippen molar-refractivity contribution >= 4 is 27.3 Å². The SMILES string of the molecule is CCCCCC(NS(=O)(=O)c1ccccc1)c1ccc(CCCC(=O)OC)s1. The van der Waals surface area contributed by atoms with Gasteiger partial charge in [-0.05, 0) is 43.5 Å². The topological polar surface area (TPSA) is 72.5 Å². The van der Waals surface area contributed by atoms with Crippen molar-refractivity contribution in [1.82, 2.24) is 4.72 Å². The van der Waals surface area contributed by atoms with Crippen molar-refractivity contribution in [3.8, 4) is 0 Å². The third kappa shape index (κ3) is 7.04. The van der Waals surface area contributed by atoms with E-state index < -0.39 is 10.0 Å². The number of hydrogen-bond donors (Lipinski definition) is 1. The third-order valence-electron chi connectivity index (χ3n) is 4.50. The second-order valence-corrected chi connectivity index (χ2v) is 9.63. The van der Waals surface area contributed by atoms with Crippen molar-refractivity contribution in [2.75, 3.05) is 7.11 Å². The fourth-order valence-electron chi connectivity index (χ4n) is 2.94. The molecule has 0 aliphatic heterocycles. The van der Waals surface area contributed by atoms with Gasteiger partial charge in [-0.15, -0.1) is 11.3 Å². The molecule has 0 spiro atoms. The van der Waals surface area contributed by atoms with Gasteiger partial charge in [-0.3, -0.25) is 4.79 Å². The molecule has 2 rings (SSSR count). The number of thiophene rings is 1. The van der Waals surface area contributed by atoms with Crippen molar-refractivity contribution in [1.29, 1.82) is 0 Å². The van der Waals surface area contributed by atoms with Crippen LogP contribution >= 0.6 is 11.3 Å². The molecule has 0 saturated heterocycles. The van der Waals surface area contributed by atoms with Crippen LogP contribution in [0, 0.1) is 0 Å². The first-order valence-corrected chi connectivity index (χ1v) is 12.0. The number of carbonyl (C=O) groups is 1. The molecule has 0 amide bonds. The Balaban J connectivity index is 2.09. The van der Waals surface area contributed by atoms with Gasteiger partial charge in [-0.25, -0.2) is 13.1 Å². The molecular weight excluding hydrogens is 394 g/mol. The number of sulfonamides is 1. The van der Waals surface area contributed by atoms with Gasteiger partial charge in [0.25, 0.3) is 0 Å². The minimum absolute atomic E-state index is 0.204. The largest absolute Gasteiger partial charge is 0.469 e. The maximum Gasteiger partial charge on any atom is 0.305 e. The smallest absolute Gasteiger partial charge is 0.305 e. The minimum atomic E-state index is -3.57. The highest BCUT2D eigenvalue weighted by molar-refractivity contribution is 7.89. The average Bonchev–Trinajstić information content (AvgIpc) is 3.16. The molecule has 1 heterocycles. The summed E-state index contributed by atoms with van der Waals surface area (Å²) in [6.45, 7) is 2.13. The van der Waals surface area contributed by atoms with E-state index in [2.05, 4.69) is 16.4 Å².